The summed E-state index contributed by atoms with van der Waals surface area (Å²) in [6.07, 6.45) is 0. The third-order valence-electron chi connectivity index (χ3n) is 3.12. The van der Waals surface area contributed by atoms with Gasteiger partial charge in [-0.2, -0.15) is 11.3 Å². The second-order valence-corrected chi connectivity index (χ2v) is 5.30. The van der Waals surface area contributed by atoms with Gasteiger partial charge in [0.1, 0.15) is 11.5 Å². The van der Waals surface area contributed by atoms with Crippen LogP contribution in [0.15, 0.2) is 71.4 Å². The second kappa shape index (κ2) is 5.90. The maximum Gasteiger partial charge on any atom is 0.127 e. The molecule has 2 nitrogen and oxygen atoms in total. The number of ether oxygens (including phenoxy) is 1. The minimum atomic E-state index is -0.0768. The number of nitrogens with two attached hydrogens (primary N) is 1. The average molecular weight is 281 g/mol. The predicted molar refractivity (Wildman–Crippen MR) is 83.3 cm³/mol. The van der Waals surface area contributed by atoms with Crippen molar-refractivity contribution in [1.82, 2.24) is 0 Å². The third-order valence-corrected chi connectivity index (χ3v) is 3.82. The van der Waals surface area contributed by atoms with Gasteiger partial charge in [0.05, 0.1) is 6.04 Å². The van der Waals surface area contributed by atoms with Crippen molar-refractivity contribution in [2.75, 3.05) is 0 Å². The summed E-state index contributed by atoms with van der Waals surface area (Å²) in [7, 11) is 0. The van der Waals surface area contributed by atoms with Gasteiger partial charge in [0.25, 0.3) is 0 Å². The first-order valence-electron chi connectivity index (χ1n) is 6.43. The molecule has 1 atom stereocenters. The number of hydrogen-bond acceptors (Lipinski definition) is 3. The highest BCUT2D eigenvalue weighted by Gasteiger charge is 2.09. The Balaban J connectivity index is 1.75. The normalized spacial score (nSPS) is 12.1. The van der Waals surface area contributed by atoms with Gasteiger partial charge in [0.15, 0.2) is 0 Å². The van der Waals surface area contributed by atoms with E-state index in [1.165, 1.54) is 0 Å². The zero-order valence-corrected chi connectivity index (χ0v) is 11.7. The van der Waals surface area contributed by atoms with E-state index in [9.17, 15) is 0 Å². The lowest BCUT2D eigenvalue weighted by Gasteiger charge is -2.11. The zero-order chi connectivity index (χ0) is 13.8. The molecule has 2 N–H and O–H groups in total. The zero-order valence-electron chi connectivity index (χ0n) is 10.9. The lowest BCUT2D eigenvalue weighted by Crippen LogP contribution is -2.10. The topological polar surface area (TPSA) is 35.2 Å². The van der Waals surface area contributed by atoms with E-state index < -0.39 is 0 Å². The smallest absolute Gasteiger partial charge is 0.127 e. The number of para-hydroxylation sites is 1. The fourth-order valence-corrected chi connectivity index (χ4v) is 2.71. The molecule has 100 valence electrons. The van der Waals surface area contributed by atoms with Crippen LogP contribution in [0.1, 0.15) is 17.2 Å². The Kier molecular flexibility index (Phi) is 3.81. The molecule has 0 aliphatic heterocycles. The largest absolute Gasteiger partial charge is 0.457 e. The molecule has 3 rings (SSSR count). The molecular weight excluding hydrogens is 266 g/mol. The van der Waals surface area contributed by atoms with Gasteiger partial charge in [-0.25, -0.2) is 0 Å². The summed E-state index contributed by atoms with van der Waals surface area (Å²) >= 11 is 1.66. The third kappa shape index (κ3) is 2.90. The quantitative estimate of drug-likeness (QED) is 0.759. The Morgan fingerprint density at radius 3 is 2.15 bits per heavy atom. The van der Waals surface area contributed by atoms with Crippen LogP contribution in [-0.2, 0) is 0 Å². The first-order valence-corrected chi connectivity index (χ1v) is 7.38. The molecule has 0 saturated carbocycles. The Morgan fingerprint density at radius 1 is 0.800 bits per heavy atom. The van der Waals surface area contributed by atoms with Crippen LogP contribution < -0.4 is 10.5 Å². The van der Waals surface area contributed by atoms with Crippen LogP contribution in [0.3, 0.4) is 0 Å². The molecule has 0 aliphatic rings. The van der Waals surface area contributed by atoms with Crippen molar-refractivity contribution in [3.05, 3.63) is 82.6 Å². The van der Waals surface area contributed by atoms with E-state index >= 15 is 0 Å². The van der Waals surface area contributed by atoms with E-state index in [0.29, 0.717) is 0 Å². The maximum absolute atomic E-state index is 6.23. The number of thiophene rings is 1. The number of benzene rings is 2. The molecule has 0 fully saturated rings. The standard InChI is InChI=1S/C17H15NOS/c18-17(14-10-11-20-12-14)13-6-8-16(9-7-13)19-15-4-2-1-3-5-15/h1-12,17H,18H2. The van der Waals surface area contributed by atoms with Crippen molar-refractivity contribution < 1.29 is 4.74 Å². The van der Waals surface area contributed by atoms with Gasteiger partial charge < -0.3 is 10.5 Å². The highest BCUT2D eigenvalue weighted by atomic mass is 32.1. The van der Waals surface area contributed by atoms with Gasteiger partial charge in [0, 0.05) is 0 Å². The molecular formula is C17H15NOS. The molecule has 0 aliphatic carbocycles. The molecule has 0 radical (unpaired) electrons. The van der Waals surface area contributed by atoms with Crippen LogP contribution in [0.4, 0.5) is 0 Å². The number of hydrogen-bond donors (Lipinski definition) is 1. The molecule has 3 aromatic rings. The fourth-order valence-electron chi connectivity index (χ4n) is 2.01. The number of rotatable bonds is 4. The van der Waals surface area contributed by atoms with Gasteiger partial charge in [-0.15, -0.1) is 0 Å². The molecule has 0 saturated heterocycles. The average Bonchev–Trinajstić information content (AvgIpc) is 3.03. The van der Waals surface area contributed by atoms with Crippen molar-refractivity contribution in [2.24, 2.45) is 5.73 Å². The minimum Gasteiger partial charge on any atom is -0.457 e. The van der Waals surface area contributed by atoms with E-state index in [0.717, 1.165) is 22.6 Å². The Hall–Kier alpha value is -2.10. The molecule has 3 heteroatoms. The summed E-state index contributed by atoms with van der Waals surface area (Å²) in [5.74, 6) is 1.65. The van der Waals surface area contributed by atoms with Crippen molar-refractivity contribution in [2.45, 2.75) is 6.04 Å². The summed E-state index contributed by atoms with van der Waals surface area (Å²) in [4.78, 5) is 0. The van der Waals surface area contributed by atoms with Gasteiger partial charge in [-0.3, -0.25) is 0 Å². The lowest BCUT2D eigenvalue weighted by molar-refractivity contribution is 0.482. The van der Waals surface area contributed by atoms with E-state index in [2.05, 4.69) is 11.4 Å². The highest BCUT2D eigenvalue weighted by molar-refractivity contribution is 7.08. The Labute approximate surface area is 122 Å². The van der Waals surface area contributed by atoms with Crippen LogP contribution in [0.25, 0.3) is 0 Å². The summed E-state index contributed by atoms with van der Waals surface area (Å²) in [6, 6.07) is 19.7. The minimum absolute atomic E-state index is 0.0768. The van der Waals surface area contributed by atoms with Gasteiger partial charge in [-0.05, 0) is 52.2 Å². The van der Waals surface area contributed by atoms with Crippen LogP contribution in [0.2, 0.25) is 0 Å². The van der Waals surface area contributed by atoms with E-state index in [-0.39, 0.29) is 6.04 Å². The second-order valence-electron chi connectivity index (χ2n) is 4.52. The first-order chi connectivity index (χ1) is 9.83. The van der Waals surface area contributed by atoms with Crippen LogP contribution in [0.5, 0.6) is 11.5 Å². The molecule has 0 amide bonds. The Morgan fingerprint density at radius 2 is 1.50 bits per heavy atom. The Bertz CT molecular complexity index is 647. The summed E-state index contributed by atoms with van der Waals surface area (Å²) in [5, 5.41) is 4.13. The molecule has 20 heavy (non-hydrogen) atoms. The van der Waals surface area contributed by atoms with Crippen molar-refractivity contribution in [3.8, 4) is 11.5 Å². The maximum atomic E-state index is 6.23. The van der Waals surface area contributed by atoms with Gasteiger partial charge >= 0.3 is 0 Å². The summed E-state index contributed by atoms with van der Waals surface area (Å²) in [6.45, 7) is 0. The van der Waals surface area contributed by atoms with Gasteiger partial charge in [0.2, 0.25) is 0 Å². The molecule has 1 heterocycles. The molecule has 1 aromatic heterocycles. The monoisotopic (exact) mass is 281 g/mol. The fraction of sp³-hybridized carbons (Fsp3) is 0.0588. The van der Waals surface area contributed by atoms with Crippen molar-refractivity contribution in [3.63, 3.8) is 0 Å². The lowest BCUT2D eigenvalue weighted by atomic mass is 10.0. The van der Waals surface area contributed by atoms with Gasteiger partial charge in [-0.1, -0.05) is 30.3 Å². The van der Waals surface area contributed by atoms with Crippen LogP contribution in [0, 0.1) is 0 Å². The molecule has 2 aromatic carbocycles. The molecule has 1 unspecified atom stereocenters. The molecule has 0 bridgehead atoms. The van der Waals surface area contributed by atoms with E-state index in [1.54, 1.807) is 11.3 Å². The molecule has 0 spiro atoms. The van der Waals surface area contributed by atoms with Crippen molar-refractivity contribution in [1.29, 1.82) is 0 Å². The highest BCUT2D eigenvalue weighted by Crippen LogP contribution is 2.26. The SMILES string of the molecule is NC(c1ccc(Oc2ccccc2)cc1)c1ccsc1. The van der Waals surface area contributed by atoms with Crippen LogP contribution in [-0.4, -0.2) is 0 Å². The predicted octanol–water partition coefficient (Wildman–Crippen LogP) is 4.59. The van der Waals surface area contributed by atoms with Crippen LogP contribution >= 0.6 is 11.3 Å². The first kappa shape index (κ1) is 12.9. The summed E-state index contributed by atoms with van der Waals surface area (Å²) in [5.41, 5.74) is 8.46. The van der Waals surface area contributed by atoms with E-state index in [4.69, 9.17) is 10.5 Å². The summed E-state index contributed by atoms with van der Waals surface area (Å²) < 4.78 is 5.77. The van der Waals surface area contributed by atoms with Crippen molar-refractivity contribution >= 4 is 11.3 Å². The van der Waals surface area contributed by atoms with E-state index in [1.807, 2.05) is 60.0 Å².